The van der Waals surface area contributed by atoms with Crippen LogP contribution in [0.15, 0.2) is 42.5 Å². The normalized spacial score (nSPS) is 10.2. The van der Waals surface area contributed by atoms with Crippen molar-refractivity contribution in [2.45, 2.75) is 27.3 Å². The van der Waals surface area contributed by atoms with Gasteiger partial charge in [0.05, 0.1) is 0 Å². The van der Waals surface area contributed by atoms with Crippen molar-refractivity contribution in [3.63, 3.8) is 0 Å². The Kier molecular flexibility index (Phi) is 4.41. The van der Waals surface area contributed by atoms with Crippen LogP contribution in [0.2, 0.25) is 0 Å². The van der Waals surface area contributed by atoms with Gasteiger partial charge < -0.3 is 10.6 Å². The largest absolute Gasteiger partial charge is 0.381 e. The van der Waals surface area contributed by atoms with Crippen LogP contribution in [0.3, 0.4) is 0 Å². The molecule has 0 heterocycles. The minimum absolute atomic E-state index is 0.0544. The summed E-state index contributed by atoms with van der Waals surface area (Å²) in [4.78, 5) is 11.0. The van der Waals surface area contributed by atoms with E-state index in [0.29, 0.717) is 0 Å². The number of carbonyl (C=O) groups excluding carboxylic acids is 1. The van der Waals surface area contributed by atoms with E-state index in [0.717, 1.165) is 17.9 Å². The van der Waals surface area contributed by atoms with Gasteiger partial charge in [-0.05, 0) is 54.8 Å². The minimum atomic E-state index is -0.0544. The zero-order chi connectivity index (χ0) is 14.5. The fourth-order valence-electron chi connectivity index (χ4n) is 2.19. The molecular weight excluding hydrogens is 248 g/mol. The smallest absolute Gasteiger partial charge is 0.221 e. The monoisotopic (exact) mass is 268 g/mol. The van der Waals surface area contributed by atoms with Gasteiger partial charge in [0.2, 0.25) is 5.91 Å². The van der Waals surface area contributed by atoms with Crippen LogP contribution in [0.4, 0.5) is 11.4 Å². The Morgan fingerprint density at radius 2 is 1.50 bits per heavy atom. The van der Waals surface area contributed by atoms with Crippen molar-refractivity contribution in [3.8, 4) is 0 Å². The number of rotatable bonds is 4. The van der Waals surface area contributed by atoms with Crippen LogP contribution in [-0.4, -0.2) is 5.91 Å². The zero-order valence-corrected chi connectivity index (χ0v) is 12.2. The molecule has 0 radical (unpaired) electrons. The first-order valence-corrected chi connectivity index (χ1v) is 6.73. The van der Waals surface area contributed by atoms with E-state index in [-0.39, 0.29) is 5.91 Å². The topological polar surface area (TPSA) is 41.1 Å². The van der Waals surface area contributed by atoms with Crippen molar-refractivity contribution in [1.82, 2.24) is 0 Å². The molecule has 0 aromatic heterocycles. The second-order valence-electron chi connectivity index (χ2n) is 4.98. The summed E-state index contributed by atoms with van der Waals surface area (Å²) in [5.74, 6) is -0.0544. The summed E-state index contributed by atoms with van der Waals surface area (Å²) in [6.07, 6.45) is 0. The van der Waals surface area contributed by atoms with E-state index in [2.05, 4.69) is 42.7 Å². The van der Waals surface area contributed by atoms with E-state index >= 15 is 0 Å². The van der Waals surface area contributed by atoms with E-state index in [9.17, 15) is 4.79 Å². The molecular formula is C17H20N2O. The van der Waals surface area contributed by atoms with Crippen molar-refractivity contribution < 1.29 is 4.79 Å². The number of anilines is 2. The lowest BCUT2D eigenvalue weighted by atomic mass is 10.0. The highest BCUT2D eigenvalue weighted by Gasteiger charge is 2.02. The summed E-state index contributed by atoms with van der Waals surface area (Å²) < 4.78 is 0. The number of amides is 1. The van der Waals surface area contributed by atoms with Crippen LogP contribution in [0, 0.1) is 13.8 Å². The molecule has 0 saturated carbocycles. The fraction of sp³-hybridized carbons (Fsp3) is 0.235. The van der Waals surface area contributed by atoms with E-state index < -0.39 is 0 Å². The summed E-state index contributed by atoms with van der Waals surface area (Å²) in [5.41, 5.74) is 5.79. The summed E-state index contributed by atoms with van der Waals surface area (Å²) in [7, 11) is 0. The number of hydrogen-bond donors (Lipinski definition) is 2. The Balaban J connectivity index is 2.02. The maximum absolute atomic E-state index is 11.0. The molecule has 1 amide bonds. The lowest BCUT2D eigenvalue weighted by Crippen LogP contribution is -2.06. The average molecular weight is 268 g/mol. The van der Waals surface area contributed by atoms with Gasteiger partial charge >= 0.3 is 0 Å². The van der Waals surface area contributed by atoms with Crippen LogP contribution in [0.25, 0.3) is 0 Å². The standard InChI is InChI=1S/C17H20N2O/c1-12-5-4-6-13(2)17(12)11-18-15-7-9-16(10-8-15)19-14(3)20/h4-10,18H,11H2,1-3H3,(H,19,20). The third-order valence-electron chi connectivity index (χ3n) is 3.32. The van der Waals surface area contributed by atoms with E-state index in [1.165, 1.54) is 23.6 Å². The average Bonchev–Trinajstić information content (AvgIpc) is 2.39. The van der Waals surface area contributed by atoms with Gasteiger partial charge in [0.25, 0.3) is 0 Å². The number of hydrogen-bond acceptors (Lipinski definition) is 2. The molecule has 104 valence electrons. The SMILES string of the molecule is CC(=O)Nc1ccc(NCc2c(C)cccc2C)cc1. The van der Waals surface area contributed by atoms with Crippen LogP contribution >= 0.6 is 0 Å². The summed E-state index contributed by atoms with van der Waals surface area (Å²) in [6, 6.07) is 14.1. The van der Waals surface area contributed by atoms with Gasteiger partial charge in [-0.15, -0.1) is 0 Å². The highest BCUT2D eigenvalue weighted by molar-refractivity contribution is 5.88. The van der Waals surface area contributed by atoms with Gasteiger partial charge in [-0.3, -0.25) is 4.79 Å². The van der Waals surface area contributed by atoms with Crippen molar-refractivity contribution in [1.29, 1.82) is 0 Å². The molecule has 0 saturated heterocycles. The first kappa shape index (κ1) is 14.1. The maximum atomic E-state index is 11.0. The predicted molar refractivity (Wildman–Crippen MR) is 84.0 cm³/mol. The summed E-state index contributed by atoms with van der Waals surface area (Å²) >= 11 is 0. The lowest BCUT2D eigenvalue weighted by Gasteiger charge is -2.12. The van der Waals surface area contributed by atoms with Crippen molar-refractivity contribution in [2.24, 2.45) is 0 Å². The predicted octanol–water partition coefficient (Wildman–Crippen LogP) is 3.87. The van der Waals surface area contributed by atoms with Crippen molar-refractivity contribution in [2.75, 3.05) is 10.6 Å². The van der Waals surface area contributed by atoms with Crippen molar-refractivity contribution in [3.05, 3.63) is 59.2 Å². The van der Waals surface area contributed by atoms with Gasteiger partial charge in [-0.25, -0.2) is 0 Å². The number of carbonyl (C=O) groups is 1. The Labute approximate surface area is 120 Å². The lowest BCUT2D eigenvalue weighted by molar-refractivity contribution is -0.114. The third-order valence-corrected chi connectivity index (χ3v) is 3.32. The second-order valence-corrected chi connectivity index (χ2v) is 4.98. The first-order valence-electron chi connectivity index (χ1n) is 6.73. The van der Waals surface area contributed by atoms with Gasteiger partial charge in [-0.1, -0.05) is 18.2 Å². The zero-order valence-electron chi connectivity index (χ0n) is 12.2. The fourth-order valence-corrected chi connectivity index (χ4v) is 2.19. The molecule has 0 aliphatic carbocycles. The molecule has 3 heteroatoms. The first-order chi connectivity index (χ1) is 9.56. The van der Waals surface area contributed by atoms with Gasteiger partial charge in [-0.2, -0.15) is 0 Å². The minimum Gasteiger partial charge on any atom is -0.381 e. The molecule has 0 atom stereocenters. The molecule has 2 N–H and O–H groups in total. The Morgan fingerprint density at radius 1 is 0.950 bits per heavy atom. The van der Waals surface area contributed by atoms with Crippen LogP contribution in [-0.2, 0) is 11.3 Å². The molecule has 2 aromatic rings. The molecule has 0 unspecified atom stereocenters. The van der Waals surface area contributed by atoms with E-state index in [1.54, 1.807) is 0 Å². The van der Waals surface area contributed by atoms with Crippen LogP contribution in [0.5, 0.6) is 0 Å². The quantitative estimate of drug-likeness (QED) is 0.883. The highest BCUT2D eigenvalue weighted by atomic mass is 16.1. The van der Waals surface area contributed by atoms with E-state index in [1.807, 2.05) is 24.3 Å². The number of aryl methyl sites for hydroxylation is 2. The Hall–Kier alpha value is -2.29. The van der Waals surface area contributed by atoms with E-state index in [4.69, 9.17) is 0 Å². The molecule has 2 aromatic carbocycles. The third kappa shape index (κ3) is 3.60. The van der Waals surface area contributed by atoms with Gasteiger partial charge in [0.1, 0.15) is 0 Å². The highest BCUT2D eigenvalue weighted by Crippen LogP contribution is 2.17. The van der Waals surface area contributed by atoms with Gasteiger partial charge in [0.15, 0.2) is 0 Å². The van der Waals surface area contributed by atoms with Gasteiger partial charge in [0, 0.05) is 24.8 Å². The summed E-state index contributed by atoms with van der Waals surface area (Å²) in [5, 5.41) is 6.17. The van der Waals surface area contributed by atoms with Crippen LogP contribution in [0.1, 0.15) is 23.6 Å². The molecule has 0 spiro atoms. The van der Waals surface area contributed by atoms with Crippen LogP contribution < -0.4 is 10.6 Å². The molecule has 0 aliphatic rings. The molecule has 0 bridgehead atoms. The molecule has 3 nitrogen and oxygen atoms in total. The van der Waals surface area contributed by atoms with Crippen molar-refractivity contribution >= 4 is 17.3 Å². The molecule has 2 rings (SSSR count). The maximum Gasteiger partial charge on any atom is 0.221 e. The summed E-state index contributed by atoms with van der Waals surface area (Å²) in [6.45, 7) is 6.57. The number of nitrogens with one attached hydrogen (secondary N) is 2. The molecule has 20 heavy (non-hydrogen) atoms. The number of benzene rings is 2. The molecule has 0 aliphatic heterocycles. The second kappa shape index (κ2) is 6.24. The Bertz CT molecular complexity index is 583. The Morgan fingerprint density at radius 3 is 2.05 bits per heavy atom. The molecule has 0 fully saturated rings.